The largest absolute Gasteiger partial charge is 0.366 e. The maximum absolute atomic E-state index is 11.8. The Balaban J connectivity index is 2.34. The Labute approximate surface area is 111 Å². The molecule has 6 heteroatoms. The van der Waals surface area contributed by atoms with Gasteiger partial charge in [0.15, 0.2) is 0 Å². The molecule has 1 heterocycles. The lowest BCUT2D eigenvalue weighted by molar-refractivity contribution is 0.1000. The van der Waals surface area contributed by atoms with Crippen LogP contribution in [0.2, 0.25) is 0 Å². The maximum atomic E-state index is 11.8. The van der Waals surface area contributed by atoms with Gasteiger partial charge in [0.05, 0.1) is 12.9 Å². The first-order chi connectivity index (χ1) is 8.58. The third-order valence-corrected chi connectivity index (χ3v) is 2.97. The summed E-state index contributed by atoms with van der Waals surface area (Å²) in [7, 11) is 0. The summed E-state index contributed by atoms with van der Waals surface area (Å²) in [5, 5.41) is 0. The second-order valence-electron chi connectivity index (χ2n) is 3.74. The van der Waals surface area contributed by atoms with Gasteiger partial charge in [-0.1, -0.05) is 12.1 Å². The van der Waals surface area contributed by atoms with Crippen molar-refractivity contribution in [1.29, 1.82) is 0 Å². The summed E-state index contributed by atoms with van der Waals surface area (Å²) in [6.45, 7) is 0.340. The first-order valence-corrected chi connectivity index (χ1v) is 5.96. The van der Waals surface area contributed by atoms with Crippen LogP contribution >= 0.6 is 15.9 Å². The summed E-state index contributed by atoms with van der Waals surface area (Å²) in [5.41, 5.74) is 6.26. The van der Waals surface area contributed by atoms with Crippen molar-refractivity contribution >= 4 is 21.8 Å². The molecule has 1 aromatic heterocycles. The lowest BCUT2D eigenvalue weighted by atomic mass is 10.1. The highest BCUT2D eigenvalue weighted by atomic mass is 79.9. The fourth-order valence-electron chi connectivity index (χ4n) is 1.56. The Morgan fingerprint density at radius 3 is 2.94 bits per heavy atom. The molecule has 0 aliphatic carbocycles. The predicted octanol–water partition coefficient (Wildman–Crippen LogP) is 1.15. The fourth-order valence-corrected chi connectivity index (χ4v) is 1.90. The monoisotopic (exact) mass is 307 g/mol. The van der Waals surface area contributed by atoms with Crippen LogP contribution in [-0.4, -0.2) is 15.5 Å². The maximum Gasteiger partial charge on any atom is 0.267 e. The molecule has 0 aliphatic rings. The molecule has 2 aromatic rings. The van der Waals surface area contributed by atoms with Crippen LogP contribution in [0.4, 0.5) is 0 Å². The molecule has 0 spiro atoms. The molecule has 0 fully saturated rings. The van der Waals surface area contributed by atoms with E-state index in [2.05, 4.69) is 20.9 Å². The van der Waals surface area contributed by atoms with Gasteiger partial charge in [-0.3, -0.25) is 14.2 Å². The number of rotatable bonds is 3. The molecular weight excluding hydrogens is 298 g/mol. The van der Waals surface area contributed by atoms with E-state index < -0.39 is 5.91 Å². The van der Waals surface area contributed by atoms with Crippen molar-refractivity contribution in [3.05, 3.63) is 62.7 Å². The summed E-state index contributed by atoms with van der Waals surface area (Å²) in [6.07, 6.45) is 2.89. The van der Waals surface area contributed by atoms with E-state index in [1.165, 1.54) is 17.1 Å². The number of nitrogens with two attached hydrogens (primary N) is 1. The van der Waals surface area contributed by atoms with Crippen molar-refractivity contribution in [2.75, 3.05) is 0 Å². The van der Waals surface area contributed by atoms with Gasteiger partial charge >= 0.3 is 0 Å². The normalized spacial score (nSPS) is 10.3. The van der Waals surface area contributed by atoms with Gasteiger partial charge in [0.1, 0.15) is 4.47 Å². The van der Waals surface area contributed by atoms with Crippen molar-refractivity contribution in [2.24, 2.45) is 5.73 Å². The number of carbonyl (C=O) groups is 1. The minimum atomic E-state index is -0.489. The SMILES string of the molecule is NC(=O)c1cccc(Cn2cncc(Br)c2=O)c1. The zero-order valence-electron chi connectivity index (χ0n) is 9.34. The standard InChI is InChI=1S/C12H10BrN3O2/c13-10-5-15-7-16(12(10)18)6-8-2-1-3-9(4-8)11(14)17/h1-5,7H,6H2,(H2,14,17). The predicted molar refractivity (Wildman–Crippen MR) is 70.3 cm³/mol. The Hall–Kier alpha value is -1.95. The zero-order valence-corrected chi connectivity index (χ0v) is 10.9. The van der Waals surface area contributed by atoms with E-state index in [4.69, 9.17) is 5.73 Å². The van der Waals surface area contributed by atoms with Gasteiger partial charge in [0.25, 0.3) is 5.56 Å². The number of hydrogen-bond acceptors (Lipinski definition) is 3. The third kappa shape index (κ3) is 2.65. The number of benzene rings is 1. The molecule has 0 saturated carbocycles. The van der Waals surface area contributed by atoms with Crippen LogP contribution in [-0.2, 0) is 6.54 Å². The highest BCUT2D eigenvalue weighted by Crippen LogP contribution is 2.06. The smallest absolute Gasteiger partial charge is 0.267 e. The van der Waals surface area contributed by atoms with E-state index in [9.17, 15) is 9.59 Å². The average Bonchev–Trinajstić information content (AvgIpc) is 2.35. The van der Waals surface area contributed by atoms with E-state index in [0.717, 1.165) is 5.56 Å². The molecule has 5 nitrogen and oxygen atoms in total. The number of amides is 1. The molecule has 0 unspecified atom stereocenters. The summed E-state index contributed by atoms with van der Waals surface area (Å²) >= 11 is 3.13. The molecular formula is C12H10BrN3O2. The molecule has 2 N–H and O–H groups in total. The highest BCUT2D eigenvalue weighted by Gasteiger charge is 2.04. The minimum absolute atomic E-state index is 0.172. The van der Waals surface area contributed by atoms with Gasteiger partial charge in [0, 0.05) is 11.8 Å². The molecule has 0 saturated heterocycles. The second-order valence-corrected chi connectivity index (χ2v) is 4.59. The lowest BCUT2D eigenvalue weighted by Gasteiger charge is -2.06. The Morgan fingerprint density at radius 2 is 2.22 bits per heavy atom. The van der Waals surface area contributed by atoms with Gasteiger partial charge in [-0.2, -0.15) is 0 Å². The Bertz CT molecular complexity index is 652. The summed E-state index contributed by atoms with van der Waals surface area (Å²) < 4.78 is 1.85. The number of hydrogen-bond donors (Lipinski definition) is 1. The van der Waals surface area contributed by atoms with E-state index in [1.807, 2.05) is 6.07 Å². The second kappa shape index (κ2) is 5.14. The van der Waals surface area contributed by atoms with E-state index in [0.29, 0.717) is 16.6 Å². The van der Waals surface area contributed by atoms with Gasteiger partial charge in [0.2, 0.25) is 5.91 Å². The molecule has 18 heavy (non-hydrogen) atoms. The van der Waals surface area contributed by atoms with Crippen molar-refractivity contribution < 1.29 is 4.79 Å². The molecule has 0 radical (unpaired) electrons. The molecule has 1 aromatic carbocycles. The zero-order chi connectivity index (χ0) is 13.1. The van der Waals surface area contributed by atoms with Gasteiger partial charge < -0.3 is 5.73 Å². The number of primary amides is 1. The summed E-state index contributed by atoms with van der Waals surface area (Å²) in [5.74, 6) is -0.489. The van der Waals surface area contributed by atoms with Crippen LogP contribution in [0.1, 0.15) is 15.9 Å². The van der Waals surface area contributed by atoms with Gasteiger partial charge in [-0.05, 0) is 33.6 Å². The average molecular weight is 308 g/mol. The summed E-state index contributed by atoms with van der Waals surface area (Å²) in [6, 6.07) is 6.84. The first-order valence-electron chi connectivity index (χ1n) is 5.16. The van der Waals surface area contributed by atoms with E-state index >= 15 is 0 Å². The van der Waals surface area contributed by atoms with E-state index in [-0.39, 0.29) is 5.56 Å². The van der Waals surface area contributed by atoms with Crippen LogP contribution in [0, 0.1) is 0 Å². The third-order valence-electron chi connectivity index (χ3n) is 2.42. The molecule has 0 aliphatic heterocycles. The van der Waals surface area contributed by atoms with Crippen LogP contribution in [0.25, 0.3) is 0 Å². The molecule has 1 amide bonds. The van der Waals surface area contributed by atoms with Gasteiger partial charge in [-0.15, -0.1) is 0 Å². The molecule has 2 rings (SSSR count). The van der Waals surface area contributed by atoms with Crippen LogP contribution in [0.15, 0.2) is 46.1 Å². The van der Waals surface area contributed by atoms with Crippen molar-refractivity contribution in [1.82, 2.24) is 9.55 Å². The number of aromatic nitrogens is 2. The Kier molecular flexibility index (Phi) is 3.57. The lowest BCUT2D eigenvalue weighted by Crippen LogP contribution is -2.21. The van der Waals surface area contributed by atoms with Gasteiger partial charge in [-0.25, -0.2) is 4.98 Å². The van der Waals surface area contributed by atoms with Crippen LogP contribution in [0.3, 0.4) is 0 Å². The quantitative estimate of drug-likeness (QED) is 0.924. The van der Waals surface area contributed by atoms with Crippen LogP contribution < -0.4 is 11.3 Å². The highest BCUT2D eigenvalue weighted by molar-refractivity contribution is 9.10. The van der Waals surface area contributed by atoms with Crippen molar-refractivity contribution in [3.8, 4) is 0 Å². The number of nitrogens with zero attached hydrogens (tertiary/aromatic N) is 2. The topological polar surface area (TPSA) is 78.0 Å². The first kappa shape index (κ1) is 12.5. The number of carbonyl (C=O) groups excluding carboxylic acids is 1. The molecule has 0 bridgehead atoms. The molecule has 92 valence electrons. The van der Waals surface area contributed by atoms with E-state index in [1.54, 1.807) is 18.2 Å². The van der Waals surface area contributed by atoms with Crippen LogP contribution in [0.5, 0.6) is 0 Å². The summed E-state index contributed by atoms with van der Waals surface area (Å²) in [4.78, 5) is 26.8. The Morgan fingerprint density at radius 1 is 1.44 bits per heavy atom. The fraction of sp³-hybridized carbons (Fsp3) is 0.0833. The number of halogens is 1. The molecule has 0 atom stereocenters. The van der Waals surface area contributed by atoms with Crippen molar-refractivity contribution in [3.63, 3.8) is 0 Å². The minimum Gasteiger partial charge on any atom is -0.366 e. The van der Waals surface area contributed by atoms with Crippen molar-refractivity contribution in [2.45, 2.75) is 6.54 Å².